The summed E-state index contributed by atoms with van der Waals surface area (Å²) in [5, 5.41) is 3.41. The topological polar surface area (TPSA) is 38.1 Å². The Morgan fingerprint density at radius 1 is 1.56 bits per heavy atom. The lowest BCUT2D eigenvalue weighted by Crippen LogP contribution is -2.17. The molecule has 0 aliphatic rings. The molecule has 86 valence electrons. The van der Waals surface area contributed by atoms with E-state index in [4.69, 9.17) is 4.42 Å². The van der Waals surface area contributed by atoms with Crippen molar-refractivity contribution in [2.75, 3.05) is 0 Å². The van der Waals surface area contributed by atoms with Gasteiger partial charge in [0.1, 0.15) is 5.76 Å². The standard InChI is InChI=1S/C11H13BrN2OS/c1-7(9-3-4-11(12)15-9)13-5-10-8(2)14-6-16-10/h3-4,6-7,13H,5H2,1-2H3. The molecule has 5 heteroatoms. The van der Waals surface area contributed by atoms with Crippen LogP contribution in [0.15, 0.2) is 26.7 Å². The number of nitrogens with zero attached hydrogens (tertiary/aromatic N) is 1. The summed E-state index contributed by atoms with van der Waals surface area (Å²) in [6, 6.07) is 4.08. The number of rotatable bonds is 4. The van der Waals surface area contributed by atoms with Crippen LogP contribution in [0.3, 0.4) is 0 Å². The molecule has 2 aromatic rings. The van der Waals surface area contributed by atoms with Crippen molar-refractivity contribution in [1.82, 2.24) is 10.3 Å². The molecule has 0 aliphatic carbocycles. The van der Waals surface area contributed by atoms with E-state index in [1.165, 1.54) is 4.88 Å². The van der Waals surface area contributed by atoms with Crippen LogP contribution in [0.25, 0.3) is 0 Å². The summed E-state index contributed by atoms with van der Waals surface area (Å²) in [4.78, 5) is 5.49. The van der Waals surface area contributed by atoms with Crippen LogP contribution in [-0.4, -0.2) is 4.98 Å². The molecule has 1 N–H and O–H groups in total. The van der Waals surface area contributed by atoms with Crippen molar-refractivity contribution in [2.45, 2.75) is 26.4 Å². The SMILES string of the molecule is Cc1ncsc1CNC(C)c1ccc(Br)o1. The first kappa shape index (κ1) is 11.8. The van der Waals surface area contributed by atoms with Gasteiger partial charge in [-0.3, -0.25) is 0 Å². The summed E-state index contributed by atoms with van der Waals surface area (Å²) in [5.74, 6) is 0.939. The fourth-order valence-electron chi connectivity index (χ4n) is 1.40. The van der Waals surface area contributed by atoms with Crippen LogP contribution in [-0.2, 0) is 6.54 Å². The number of halogens is 1. The maximum Gasteiger partial charge on any atom is 0.169 e. The second kappa shape index (κ2) is 5.12. The van der Waals surface area contributed by atoms with Gasteiger partial charge in [0.2, 0.25) is 0 Å². The van der Waals surface area contributed by atoms with Crippen molar-refractivity contribution >= 4 is 27.3 Å². The number of aromatic nitrogens is 1. The average Bonchev–Trinajstić information content (AvgIpc) is 2.84. The highest BCUT2D eigenvalue weighted by atomic mass is 79.9. The zero-order valence-corrected chi connectivity index (χ0v) is 11.6. The lowest BCUT2D eigenvalue weighted by molar-refractivity contribution is 0.418. The maximum atomic E-state index is 5.49. The van der Waals surface area contributed by atoms with Crippen LogP contribution in [0.2, 0.25) is 0 Å². The van der Waals surface area contributed by atoms with Gasteiger partial charge in [0, 0.05) is 11.4 Å². The van der Waals surface area contributed by atoms with Gasteiger partial charge >= 0.3 is 0 Å². The zero-order chi connectivity index (χ0) is 11.5. The fraction of sp³-hybridized carbons (Fsp3) is 0.364. The largest absolute Gasteiger partial charge is 0.453 e. The van der Waals surface area contributed by atoms with Crippen molar-refractivity contribution < 1.29 is 4.42 Å². The molecular weight excluding hydrogens is 288 g/mol. The highest BCUT2D eigenvalue weighted by molar-refractivity contribution is 9.10. The Morgan fingerprint density at radius 2 is 2.38 bits per heavy atom. The second-order valence-corrected chi connectivity index (χ2v) is 5.33. The molecule has 16 heavy (non-hydrogen) atoms. The zero-order valence-electron chi connectivity index (χ0n) is 9.16. The van der Waals surface area contributed by atoms with Gasteiger partial charge in [-0.05, 0) is 41.9 Å². The summed E-state index contributed by atoms with van der Waals surface area (Å²) in [6.07, 6.45) is 0. The molecule has 1 atom stereocenters. The molecule has 1 unspecified atom stereocenters. The Labute approximate surface area is 107 Å². The van der Waals surface area contributed by atoms with E-state index in [-0.39, 0.29) is 6.04 Å². The second-order valence-electron chi connectivity index (χ2n) is 3.61. The molecule has 0 radical (unpaired) electrons. The predicted octanol–water partition coefficient (Wildman–Crippen LogP) is 3.66. The number of nitrogens with one attached hydrogen (secondary N) is 1. The van der Waals surface area contributed by atoms with Gasteiger partial charge in [0.05, 0.1) is 17.2 Å². The first-order chi connectivity index (χ1) is 7.66. The highest BCUT2D eigenvalue weighted by Crippen LogP contribution is 2.21. The van der Waals surface area contributed by atoms with Crippen molar-refractivity contribution in [1.29, 1.82) is 0 Å². The average molecular weight is 301 g/mol. The van der Waals surface area contributed by atoms with E-state index in [1.807, 2.05) is 24.6 Å². The highest BCUT2D eigenvalue weighted by Gasteiger charge is 2.10. The molecule has 0 aromatic carbocycles. The maximum absolute atomic E-state index is 5.49. The lowest BCUT2D eigenvalue weighted by atomic mass is 10.2. The molecule has 0 saturated carbocycles. The molecular formula is C11H13BrN2OS. The number of hydrogen-bond acceptors (Lipinski definition) is 4. The van der Waals surface area contributed by atoms with E-state index in [1.54, 1.807) is 11.3 Å². The van der Waals surface area contributed by atoms with Gasteiger partial charge in [-0.25, -0.2) is 4.98 Å². The summed E-state index contributed by atoms with van der Waals surface area (Å²) in [6.45, 7) is 4.94. The van der Waals surface area contributed by atoms with Gasteiger partial charge in [-0.1, -0.05) is 0 Å². The van der Waals surface area contributed by atoms with Crippen molar-refractivity contribution in [3.05, 3.63) is 38.6 Å². The normalized spacial score (nSPS) is 12.9. The predicted molar refractivity (Wildman–Crippen MR) is 68.5 cm³/mol. The fourth-order valence-corrected chi connectivity index (χ4v) is 2.45. The monoisotopic (exact) mass is 300 g/mol. The minimum absolute atomic E-state index is 0.202. The molecule has 2 heterocycles. The van der Waals surface area contributed by atoms with Gasteiger partial charge in [-0.2, -0.15) is 0 Å². The molecule has 0 amide bonds. The molecule has 0 spiro atoms. The van der Waals surface area contributed by atoms with Gasteiger partial charge in [0.15, 0.2) is 4.67 Å². The van der Waals surface area contributed by atoms with Gasteiger partial charge in [0.25, 0.3) is 0 Å². The van der Waals surface area contributed by atoms with E-state index in [0.29, 0.717) is 0 Å². The third-order valence-electron chi connectivity index (χ3n) is 2.43. The first-order valence-electron chi connectivity index (χ1n) is 5.04. The van der Waals surface area contributed by atoms with Gasteiger partial charge < -0.3 is 9.73 Å². The Hall–Kier alpha value is -0.650. The smallest absolute Gasteiger partial charge is 0.169 e. The first-order valence-corrected chi connectivity index (χ1v) is 6.71. The van der Waals surface area contributed by atoms with Crippen LogP contribution in [0, 0.1) is 6.92 Å². The van der Waals surface area contributed by atoms with Crippen LogP contribution in [0.1, 0.15) is 29.3 Å². The summed E-state index contributed by atoms with van der Waals surface area (Å²) in [7, 11) is 0. The Bertz CT molecular complexity index is 466. The van der Waals surface area contributed by atoms with Crippen LogP contribution >= 0.6 is 27.3 Å². The minimum atomic E-state index is 0.202. The van der Waals surface area contributed by atoms with Crippen LogP contribution in [0.5, 0.6) is 0 Å². The molecule has 3 nitrogen and oxygen atoms in total. The Balaban J connectivity index is 1.93. The summed E-state index contributed by atoms with van der Waals surface area (Å²) >= 11 is 4.98. The van der Waals surface area contributed by atoms with Crippen LogP contribution < -0.4 is 5.32 Å². The molecule has 0 aliphatic heterocycles. The number of aryl methyl sites for hydroxylation is 1. The van der Waals surface area contributed by atoms with E-state index < -0.39 is 0 Å². The summed E-state index contributed by atoms with van der Waals surface area (Å²) < 4.78 is 6.26. The quantitative estimate of drug-likeness (QED) is 0.936. The van der Waals surface area contributed by atoms with Gasteiger partial charge in [-0.15, -0.1) is 11.3 Å². The Kier molecular flexibility index (Phi) is 3.78. The minimum Gasteiger partial charge on any atom is -0.453 e. The molecule has 0 saturated heterocycles. The molecule has 2 aromatic heterocycles. The number of furan rings is 1. The van der Waals surface area contributed by atoms with E-state index in [0.717, 1.165) is 22.7 Å². The number of hydrogen-bond donors (Lipinski definition) is 1. The van der Waals surface area contributed by atoms with E-state index in [9.17, 15) is 0 Å². The van der Waals surface area contributed by atoms with Crippen molar-refractivity contribution in [2.24, 2.45) is 0 Å². The lowest BCUT2D eigenvalue weighted by Gasteiger charge is -2.10. The molecule has 2 rings (SSSR count). The third-order valence-corrected chi connectivity index (χ3v) is 3.80. The van der Waals surface area contributed by atoms with Crippen molar-refractivity contribution in [3.63, 3.8) is 0 Å². The van der Waals surface area contributed by atoms with Crippen molar-refractivity contribution in [3.8, 4) is 0 Å². The van der Waals surface area contributed by atoms with E-state index >= 15 is 0 Å². The third kappa shape index (κ3) is 2.72. The van der Waals surface area contributed by atoms with Crippen LogP contribution in [0.4, 0.5) is 0 Å². The number of thiazole rings is 1. The molecule has 0 bridgehead atoms. The summed E-state index contributed by atoms with van der Waals surface area (Å²) in [5.41, 5.74) is 2.98. The Morgan fingerprint density at radius 3 is 2.94 bits per heavy atom. The molecule has 0 fully saturated rings. The van der Waals surface area contributed by atoms with E-state index in [2.05, 4.69) is 33.2 Å².